The first-order valence-electron chi connectivity index (χ1n) is 3.41. The van der Waals surface area contributed by atoms with Crippen molar-refractivity contribution in [3.8, 4) is 12.1 Å². The zero-order valence-corrected chi connectivity index (χ0v) is 6.82. The molecule has 0 bridgehead atoms. The highest BCUT2D eigenvalue weighted by molar-refractivity contribution is 5.81. The van der Waals surface area contributed by atoms with Crippen molar-refractivity contribution in [2.45, 2.75) is 13.0 Å². The Bertz CT molecular complexity index is 219. The minimum Gasteiger partial charge on any atom is -0.320 e. The summed E-state index contributed by atoms with van der Waals surface area (Å²) in [4.78, 5) is 12.2. The molecule has 0 spiro atoms. The van der Waals surface area contributed by atoms with Gasteiger partial charge < -0.3 is 10.6 Å². The summed E-state index contributed by atoms with van der Waals surface area (Å²) in [6.45, 7) is 1.34. The van der Waals surface area contributed by atoms with Crippen molar-refractivity contribution in [2.75, 3.05) is 13.1 Å². The van der Waals surface area contributed by atoms with E-state index in [1.165, 1.54) is 6.92 Å². The van der Waals surface area contributed by atoms with Gasteiger partial charge in [0.25, 0.3) is 0 Å². The first-order chi connectivity index (χ1) is 5.63. The summed E-state index contributed by atoms with van der Waals surface area (Å²) in [5.74, 6) is -0.377. The highest BCUT2D eigenvalue weighted by Crippen LogP contribution is 1.91. The van der Waals surface area contributed by atoms with Crippen LogP contribution in [0.2, 0.25) is 0 Å². The molecule has 0 saturated carbocycles. The van der Waals surface area contributed by atoms with E-state index in [1.54, 1.807) is 12.1 Å². The summed E-state index contributed by atoms with van der Waals surface area (Å²) in [5, 5.41) is 16.6. The maximum atomic E-state index is 11.1. The number of carbonyl (C=O) groups excluding carboxylic acids is 1. The van der Waals surface area contributed by atoms with Gasteiger partial charge >= 0.3 is 0 Å². The molecule has 1 amide bonds. The van der Waals surface area contributed by atoms with E-state index in [-0.39, 0.29) is 19.0 Å². The topological polar surface area (TPSA) is 93.9 Å². The number of hydrogen-bond acceptors (Lipinski definition) is 4. The predicted octanol–water partition coefficient (Wildman–Crippen LogP) is -0.791. The van der Waals surface area contributed by atoms with Gasteiger partial charge in [-0.15, -0.1) is 0 Å². The van der Waals surface area contributed by atoms with E-state index in [9.17, 15) is 4.79 Å². The predicted molar refractivity (Wildman–Crippen MR) is 41.5 cm³/mol. The molecule has 2 N–H and O–H groups in total. The van der Waals surface area contributed by atoms with Crippen LogP contribution < -0.4 is 5.73 Å². The minimum atomic E-state index is -0.660. The SMILES string of the molecule is C[C@H](N)C(=O)N(CC#N)CC#N. The molecule has 0 saturated heterocycles. The van der Waals surface area contributed by atoms with Gasteiger partial charge in [0, 0.05) is 0 Å². The molecule has 0 fully saturated rings. The van der Waals surface area contributed by atoms with Crippen LogP contribution in [0.25, 0.3) is 0 Å². The van der Waals surface area contributed by atoms with E-state index in [2.05, 4.69) is 0 Å². The Morgan fingerprint density at radius 2 is 1.92 bits per heavy atom. The third-order valence-corrected chi connectivity index (χ3v) is 1.22. The van der Waals surface area contributed by atoms with Crippen LogP contribution in [0.3, 0.4) is 0 Å². The van der Waals surface area contributed by atoms with Crippen LogP contribution in [0.5, 0.6) is 0 Å². The lowest BCUT2D eigenvalue weighted by atomic mass is 10.3. The molecule has 64 valence electrons. The lowest BCUT2D eigenvalue weighted by Crippen LogP contribution is -2.42. The van der Waals surface area contributed by atoms with Crippen LogP contribution in [-0.4, -0.2) is 29.9 Å². The molecule has 0 aromatic heterocycles. The molecule has 0 aliphatic heterocycles. The van der Waals surface area contributed by atoms with Crippen LogP contribution in [0.15, 0.2) is 0 Å². The summed E-state index contributed by atoms with van der Waals surface area (Å²) in [7, 11) is 0. The van der Waals surface area contributed by atoms with Gasteiger partial charge in [0.05, 0.1) is 18.2 Å². The molecular formula is C7H10N4O. The highest BCUT2D eigenvalue weighted by Gasteiger charge is 2.15. The van der Waals surface area contributed by atoms with Gasteiger partial charge in [-0.05, 0) is 6.92 Å². The number of amides is 1. The molecule has 5 nitrogen and oxygen atoms in total. The summed E-state index contributed by atoms with van der Waals surface area (Å²) in [6.07, 6.45) is 0. The fourth-order valence-corrected chi connectivity index (χ4v) is 0.670. The average Bonchev–Trinajstić information content (AvgIpc) is 2.03. The van der Waals surface area contributed by atoms with E-state index >= 15 is 0 Å². The fraction of sp³-hybridized carbons (Fsp3) is 0.571. The van der Waals surface area contributed by atoms with Gasteiger partial charge in [0.2, 0.25) is 5.91 Å². The lowest BCUT2D eigenvalue weighted by molar-refractivity contribution is -0.131. The summed E-state index contributed by atoms with van der Waals surface area (Å²) < 4.78 is 0. The zero-order chi connectivity index (χ0) is 9.56. The number of carbonyl (C=O) groups is 1. The Morgan fingerprint density at radius 3 is 2.17 bits per heavy atom. The summed E-state index contributed by atoms with van der Waals surface area (Å²) >= 11 is 0. The van der Waals surface area contributed by atoms with Crippen LogP contribution in [0.1, 0.15) is 6.92 Å². The number of rotatable bonds is 3. The third-order valence-electron chi connectivity index (χ3n) is 1.22. The Labute approximate surface area is 71.0 Å². The summed E-state index contributed by atoms with van der Waals surface area (Å²) in [6, 6.07) is 2.91. The largest absolute Gasteiger partial charge is 0.320 e. The molecule has 0 unspecified atom stereocenters. The first kappa shape index (κ1) is 10.4. The second kappa shape index (κ2) is 5.11. The van der Waals surface area contributed by atoms with Crippen molar-refractivity contribution in [1.29, 1.82) is 10.5 Å². The fourth-order valence-electron chi connectivity index (χ4n) is 0.670. The Hall–Kier alpha value is -1.59. The monoisotopic (exact) mass is 166 g/mol. The van der Waals surface area contributed by atoms with Gasteiger partial charge in [0.15, 0.2) is 0 Å². The number of nitriles is 2. The van der Waals surface area contributed by atoms with Crippen molar-refractivity contribution >= 4 is 5.91 Å². The normalized spacial score (nSPS) is 11.0. The van der Waals surface area contributed by atoms with Gasteiger partial charge in [-0.25, -0.2) is 0 Å². The third kappa shape index (κ3) is 3.00. The number of nitrogens with two attached hydrogens (primary N) is 1. The van der Waals surface area contributed by atoms with Crippen LogP contribution in [0, 0.1) is 22.7 Å². The second-order valence-corrected chi connectivity index (χ2v) is 2.30. The van der Waals surface area contributed by atoms with Crippen LogP contribution >= 0.6 is 0 Å². The van der Waals surface area contributed by atoms with Gasteiger partial charge in [0.1, 0.15) is 13.1 Å². The smallest absolute Gasteiger partial charge is 0.240 e. The van der Waals surface area contributed by atoms with E-state index < -0.39 is 6.04 Å². The number of nitrogens with zero attached hydrogens (tertiary/aromatic N) is 3. The van der Waals surface area contributed by atoms with E-state index in [0.717, 1.165) is 4.90 Å². The van der Waals surface area contributed by atoms with Crippen molar-refractivity contribution in [3.05, 3.63) is 0 Å². The van der Waals surface area contributed by atoms with E-state index in [1.807, 2.05) is 0 Å². The van der Waals surface area contributed by atoms with Crippen molar-refractivity contribution in [3.63, 3.8) is 0 Å². The molecule has 0 aliphatic rings. The minimum absolute atomic E-state index is 0.0894. The molecule has 1 atom stereocenters. The van der Waals surface area contributed by atoms with Crippen molar-refractivity contribution in [2.24, 2.45) is 5.73 Å². The average molecular weight is 166 g/mol. The number of hydrogen-bond donors (Lipinski definition) is 1. The van der Waals surface area contributed by atoms with Crippen LogP contribution in [-0.2, 0) is 4.79 Å². The lowest BCUT2D eigenvalue weighted by Gasteiger charge is -2.17. The Kier molecular flexibility index (Phi) is 4.43. The van der Waals surface area contributed by atoms with Crippen molar-refractivity contribution in [1.82, 2.24) is 4.90 Å². The second-order valence-electron chi connectivity index (χ2n) is 2.30. The van der Waals surface area contributed by atoms with Crippen molar-refractivity contribution < 1.29 is 4.79 Å². The van der Waals surface area contributed by atoms with E-state index in [4.69, 9.17) is 16.3 Å². The zero-order valence-electron chi connectivity index (χ0n) is 6.82. The van der Waals surface area contributed by atoms with Gasteiger partial charge in [-0.3, -0.25) is 4.79 Å². The maximum Gasteiger partial charge on any atom is 0.240 e. The molecule has 0 aromatic carbocycles. The summed E-state index contributed by atoms with van der Waals surface area (Å²) in [5.41, 5.74) is 5.29. The molecule has 0 rings (SSSR count). The molecular weight excluding hydrogens is 156 g/mol. The molecule has 12 heavy (non-hydrogen) atoms. The van der Waals surface area contributed by atoms with Crippen LogP contribution in [0.4, 0.5) is 0 Å². The van der Waals surface area contributed by atoms with Gasteiger partial charge in [-0.1, -0.05) is 0 Å². The first-order valence-corrected chi connectivity index (χ1v) is 3.41. The molecule has 0 heterocycles. The Morgan fingerprint density at radius 1 is 1.50 bits per heavy atom. The standard InChI is InChI=1S/C7H10N4O/c1-6(10)7(12)11(4-2-8)5-3-9/h6H,4-5,10H2,1H3/t6-/m0/s1. The molecule has 5 heteroatoms. The van der Waals surface area contributed by atoms with E-state index in [0.29, 0.717) is 0 Å². The molecule has 0 aliphatic carbocycles. The van der Waals surface area contributed by atoms with Gasteiger partial charge in [-0.2, -0.15) is 10.5 Å². The molecule has 0 aromatic rings. The molecule has 0 radical (unpaired) electrons. The Balaban J connectivity index is 4.23. The maximum absolute atomic E-state index is 11.1. The quantitative estimate of drug-likeness (QED) is 0.556. The highest BCUT2D eigenvalue weighted by atomic mass is 16.2.